The number of aromatic nitrogens is 3. The number of rotatable bonds is 6. The molecule has 4 aromatic rings. The van der Waals surface area contributed by atoms with Crippen LogP contribution in [0.15, 0.2) is 46.9 Å². The molecule has 0 fully saturated rings. The zero-order valence-electron chi connectivity index (χ0n) is 18.0. The van der Waals surface area contributed by atoms with Crippen LogP contribution < -0.4 is 0 Å². The van der Waals surface area contributed by atoms with Gasteiger partial charge in [-0.2, -0.15) is 36.4 Å². The maximum atomic E-state index is 13.8. The molecule has 0 amide bonds. The fraction of sp³-hybridized carbons (Fsp3) is 0.217. The number of nitrogens with one attached hydrogen (secondary N) is 1. The number of alkyl halides is 6. The van der Waals surface area contributed by atoms with Gasteiger partial charge in [-0.25, -0.2) is 0 Å². The fourth-order valence-electron chi connectivity index (χ4n) is 3.37. The molecule has 0 aliphatic rings. The minimum Gasteiger partial charge on any atom is -0.492 e. The number of aromatic amines is 1. The molecule has 0 radical (unpaired) electrons. The Bertz CT molecular complexity index is 1390. The van der Waals surface area contributed by atoms with Crippen molar-refractivity contribution in [3.05, 3.63) is 69.7 Å². The van der Waals surface area contributed by atoms with Gasteiger partial charge in [0.15, 0.2) is 4.34 Å². The summed E-state index contributed by atoms with van der Waals surface area (Å²) in [5.41, 5.74) is -1.98. The third-order valence-electron chi connectivity index (χ3n) is 5.00. The van der Waals surface area contributed by atoms with Gasteiger partial charge in [-0.05, 0) is 47.9 Å². The highest BCUT2D eigenvalue weighted by Gasteiger charge is 2.38. The molecule has 0 aliphatic carbocycles. The minimum absolute atomic E-state index is 0.0950. The third kappa shape index (κ3) is 5.48. The van der Waals surface area contributed by atoms with Gasteiger partial charge >= 0.3 is 12.4 Å². The number of fused-ring (bicyclic) bond motifs is 1. The average molecular weight is 530 g/mol. The molecule has 0 saturated carbocycles. The number of nitrogens with zero attached hydrogens (tertiary/aromatic N) is 2. The first-order chi connectivity index (χ1) is 16.5. The van der Waals surface area contributed by atoms with E-state index in [2.05, 4.69) is 15.2 Å². The van der Waals surface area contributed by atoms with Crippen LogP contribution in [0.25, 0.3) is 22.6 Å². The zero-order valence-corrected chi connectivity index (χ0v) is 19.6. The second kappa shape index (κ2) is 9.57. The van der Waals surface area contributed by atoms with Crippen molar-refractivity contribution in [3.8, 4) is 5.88 Å². The summed E-state index contributed by atoms with van der Waals surface area (Å²) >= 11 is 2.49. The van der Waals surface area contributed by atoms with Gasteiger partial charge in [0, 0.05) is 16.7 Å². The molecule has 2 N–H and O–H groups in total. The van der Waals surface area contributed by atoms with Crippen molar-refractivity contribution in [2.75, 3.05) is 5.75 Å². The van der Waals surface area contributed by atoms with Crippen LogP contribution in [-0.4, -0.2) is 26.0 Å². The Morgan fingerprint density at radius 2 is 1.86 bits per heavy atom. The summed E-state index contributed by atoms with van der Waals surface area (Å²) < 4.78 is 81.3. The maximum absolute atomic E-state index is 13.8. The Morgan fingerprint density at radius 1 is 1.09 bits per heavy atom. The molecular weight excluding hydrogens is 512 g/mol. The van der Waals surface area contributed by atoms with Crippen molar-refractivity contribution in [1.29, 1.82) is 0 Å². The average Bonchev–Trinajstić information content (AvgIpc) is 3.40. The lowest BCUT2D eigenvalue weighted by Crippen LogP contribution is -2.12. The lowest BCUT2D eigenvalue weighted by atomic mass is 9.96. The maximum Gasteiger partial charge on any atom is 0.417 e. The highest BCUT2D eigenvalue weighted by Crippen LogP contribution is 2.43. The number of benzene rings is 2. The molecule has 0 bridgehead atoms. The number of hydrogen-bond donors (Lipinski definition) is 2. The number of aromatic hydroxyl groups is 1. The van der Waals surface area contributed by atoms with Gasteiger partial charge in [-0.3, -0.25) is 5.10 Å². The molecule has 4 nitrogen and oxygen atoms in total. The monoisotopic (exact) mass is 529 g/mol. The van der Waals surface area contributed by atoms with E-state index in [0.717, 1.165) is 35.7 Å². The number of H-pyrrole nitrogens is 1. The Labute approximate surface area is 203 Å². The zero-order chi connectivity index (χ0) is 25.4. The normalized spacial score (nSPS) is 13.1. The number of halogens is 6. The molecule has 2 aromatic heterocycles. The Hall–Kier alpha value is -2.99. The first-order valence-electron chi connectivity index (χ1n) is 10.2. The van der Waals surface area contributed by atoms with E-state index in [-0.39, 0.29) is 22.4 Å². The van der Waals surface area contributed by atoms with E-state index in [1.54, 1.807) is 18.2 Å². The summed E-state index contributed by atoms with van der Waals surface area (Å²) in [6.45, 7) is 1.97. The van der Waals surface area contributed by atoms with E-state index in [1.807, 2.05) is 6.92 Å². The number of thioether (sulfide) groups is 1. The van der Waals surface area contributed by atoms with Crippen molar-refractivity contribution < 1.29 is 31.4 Å². The van der Waals surface area contributed by atoms with Crippen molar-refractivity contribution in [3.63, 3.8) is 0 Å². The van der Waals surface area contributed by atoms with E-state index in [1.165, 1.54) is 18.0 Å². The molecule has 35 heavy (non-hydrogen) atoms. The summed E-state index contributed by atoms with van der Waals surface area (Å²) in [6, 6.07) is 6.45. The van der Waals surface area contributed by atoms with Crippen LogP contribution in [0.4, 0.5) is 26.3 Å². The van der Waals surface area contributed by atoms with Crippen molar-refractivity contribution >= 4 is 45.7 Å². The van der Waals surface area contributed by atoms with Gasteiger partial charge in [0.2, 0.25) is 5.88 Å². The fourth-order valence-corrected chi connectivity index (χ4v) is 5.37. The summed E-state index contributed by atoms with van der Waals surface area (Å²) in [4.78, 5) is 4.32. The number of hydrogen-bond acceptors (Lipinski definition) is 5. The molecule has 0 aliphatic heterocycles. The molecule has 0 saturated heterocycles. The summed E-state index contributed by atoms with van der Waals surface area (Å²) in [5, 5.41) is 17.9. The molecule has 4 rings (SSSR count). The lowest BCUT2D eigenvalue weighted by Gasteiger charge is -2.15. The quantitative estimate of drug-likeness (QED) is 0.152. The SMILES string of the molecule is CCCSc1nc(O)c(C(=Cc2ccc(C(F)(F)F)cc2C(F)(F)F)c2ccc3[nH]ncc3c2)s1. The summed E-state index contributed by atoms with van der Waals surface area (Å²) in [6.07, 6.45) is -6.46. The molecule has 184 valence electrons. The Morgan fingerprint density at radius 3 is 2.54 bits per heavy atom. The van der Waals surface area contributed by atoms with Crippen molar-refractivity contribution in [1.82, 2.24) is 15.2 Å². The molecule has 2 heterocycles. The standard InChI is InChI=1S/C23H17F6N3OS2/c1-2-7-34-21-31-20(33)19(35-21)16(12-4-6-18-14(8-12)11-30-32-18)9-13-3-5-15(22(24,25)26)10-17(13)23(27,28)29/h3-6,8-11,33H,2,7H2,1H3,(H,30,32). The Balaban J connectivity index is 1.94. The number of thiazole rings is 1. The highest BCUT2D eigenvalue weighted by atomic mass is 32.2. The molecule has 0 spiro atoms. The predicted molar refractivity (Wildman–Crippen MR) is 124 cm³/mol. The predicted octanol–water partition coefficient (Wildman–Crippen LogP) is 7.85. The van der Waals surface area contributed by atoms with Gasteiger partial charge in [0.1, 0.15) is 0 Å². The van der Waals surface area contributed by atoms with Crippen LogP contribution >= 0.6 is 23.1 Å². The molecular formula is C23H17F6N3OS2. The second-order valence-electron chi connectivity index (χ2n) is 7.51. The van der Waals surface area contributed by atoms with Crippen LogP contribution in [0.5, 0.6) is 5.88 Å². The smallest absolute Gasteiger partial charge is 0.417 e. The molecule has 0 atom stereocenters. The first-order valence-corrected chi connectivity index (χ1v) is 12.0. The van der Waals surface area contributed by atoms with Gasteiger partial charge in [0.25, 0.3) is 0 Å². The van der Waals surface area contributed by atoms with Crippen LogP contribution in [0.3, 0.4) is 0 Å². The van der Waals surface area contributed by atoms with Gasteiger partial charge < -0.3 is 5.11 Å². The topological polar surface area (TPSA) is 61.8 Å². The summed E-state index contributed by atoms with van der Waals surface area (Å²) in [7, 11) is 0. The van der Waals surface area contributed by atoms with Crippen LogP contribution in [0.2, 0.25) is 0 Å². The second-order valence-corrected chi connectivity index (χ2v) is 9.85. The van der Waals surface area contributed by atoms with Crippen molar-refractivity contribution in [2.24, 2.45) is 0 Å². The lowest BCUT2D eigenvalue weighted by molar-refractivity contribution is -0.143. The highest BCUT2D eigenvalue weighted by molar-refractivity contribution is 8.01. The van der Waals surface area contributed by atoms with E-state index in [4.69, 9.17) is 0 Å². The van der Waals surface area contributed by atoms with Crippen LogP contribution in [0.1, 0.15) is 40.5 Å². The van der Waals surface area contributed by atoms with E-state index < -0.39 is 29.0 Å². The van der Waals surface area contributed by atoms with Crippen LogP contribution in [-0.2, 0) is 12.4 Å². The largest absolute Gasteiger partial charge is 0.492 e. The van der Waals surface area contributed by atoms with Gasteiger partial charge in [0.05, 0.1) is 27.7 Å². The van der Waals surface area contributed by atoms with E-state index in [9.17, 15) is 31.4 Å². The van der Waals surface area contributed by atoms with Crippen LogP contribution in [0, 0.1) is 0 Å². The van der Waals surface area contributed by atoms with E-state index >= 15 is 0 Å². The minimum atomic E-state index is -5.04. The Kier molecular flexibility index (Phi) is 6.87. The molecule has 0 unspecified atom stereocenters. The van der Waals surface area contributed by atoms with Gasteiger partial charge in [-0.1, -0.05) is 30.8 Å². The van der Waals surface area contributed by atoms with E-state index in [0.29, 0.717) is 26.9 Å². The molecule has 12 heteroatoms. The molecule has 2 aromatic carbocycles. The van der Waals surface area contributed by atoms with Crippen molar-refractivity contribution in [2.45, 2.75) is 30.0 Å². The van der Waals surface area contributed by atoms with Gasteiger partial charge in [-0.15, -0.1) is 11.3 Å². The first kappa shape index (κ1) is 25.1. The third-order valence-corrected chi connectivity index (χ3v) is 7.43. The summed E-state index contributed by atoms with van der Waals surface area (Å²) in [5.74, 6) is 0.358.